The van der Waals surface area contributed by atoms with Crippen LogP contribution in [0.25, 0.3) is 0 Å². The maximum Gasteiger partial charge on any atom is 0.172 e. The smallest absolute Gasteiger partial charge is 0.172 e. The van der Waals surface area contributed by atoms with Crippen molar-refractivity contribution in [3.8, 4) is 0 Å². The lowest BCUT2D eigenvalue weighted by molar-refractivity contribution is 0.188. The summed E-state index contributed by atoms with van der Waals surface area (Å²) in [6.07, 6.45) is 0.985. The molecule has 0 saturated heterocycles. The van der Waals surface area contributed by atoms with Gasteiger partial charge in [0, 0.05) is 0 Å². The second-order valence-electron chi connectivity index (χ2n) is 3.25. The molecule has 0 fully saturated rings. The largest absolute Gasteiger partial charge is 0.487 e. The number of nitrogens with one attached hydrogen (secondary N) is 1. The van der Waals surface area contributed by atoms with Crippen LogP contribution in [0.5, 0.6) is 0 Å². The second-order valence-corrected chi connectivity index (χ2v) is 3.25. The van der Waals surface area contributed by atoms with Crippen molar-refractivity contribution in [1.29, 1.82) is 5.41 Å². The molecule has 0 aromatic carbocycles. The first-order valence-electron chi connectivity index (χ1n) is 3.51. The Morgan fingerprint density at radius 2 is 2.00 bits per heavy atom. The van der Waals surface area contributed by atoms with Crippen molar-refractivity contribution in [2.75, 3.05) is 0 Å². The Morgan fingerprint density at radius 1 is 1.50 bits per heavy atom. The molecule has 0 aliphatic heterocycles. The van der Waals surface area contributed by atoms with E-state index in [9.17, 15) is 0 Å². The van der Waals surface area contributed by atoms with E-state index < -0.39 is 0 Å². The van der Waals surface area contributed by atoms with Crippen molar-refractivity contribution >= 4 is 13.7 Å². The van der Waals surface area contributed by atoms with Crippen LogP contribution in [0, 0.1) is 5.41 Å². The van der Waals surface area contributed by atoms with Crippen LogP contribution in [0.2, 0.25) is 5.82 Å². The zero-order chi connectivity index (χ0) is 8.20. The fraction of sp³-hybridized carbons (Fsp3) is 0.857. The number of hydrogen-bond donors (Lipinski definition) is 1. The summed E-state index contributed by atoms with van der Waals surface area (Å²) in [6, 6.07) is 0. The van der Waals surface area contributed by atoms with Gasteiger partial charge in [0.05, 0.1) is 5.50 Å². The Balaban J connectivity index is 3.73. The molecule has 2 nitrogen and oxygen atoms in total. The minimum absolute atomic E-state index is 0.296. The SMILES string of the molecule is CC(C)[B]C(C)(C)OC=N. The summed E-state index contributed by atoms with van der Waals surface area (Å²) < 4.78 is 5.03. The molecule has 0 aliphatic rings. The molecule has 0 atom stereocenters. The van der Waals surface area contributed by atoms with Crippen molar-refractivity contribution in [1.82, 2.24) is 0 Å². The molecule has 10 heavy (non-hydrogen) atoms. The van der Waals surface area contributed by atoms with E-state index in [1.807, 2.05) is 13.8 Å². The number of rotatable bonds is 4. The van der Waals surface area contributed by atoms with Gasteiger partial charge in [0.25, 0.3) is 0 Å². The quantitative estimate of drug-likeness (QED) is 0.361. The Hall–Kier alpha value is -0.465. The topological polar surface area (TPSA) is 33.1 Å². The van der Waals surface area contributed by atoms with E-state index in [-0.39, 0.29) is 5.50 Å². The lowest BCUT2D eigenvalue weighted by atomic mass is 9.54. The molecule has 0 aromatic rings. The monoisotopic (exact) mass is 140 g/mol. The van der Waals surface area contributed by atoms with Gasteiger partial charge in [-0.25, -0.2) is 0 Å². The molecule has 1 N–H and O–H groups in total. The summed E-state index contributed by atoms with van der Waals surface area (Å²) in [5, 5.41) is 6.74. The molecule has 57 valence electrons. The maximum absolute atomic E-state index is 6.74. The van der Waals surface area contributed by atoms with Gasteiger partial charge in [-0.3, -0.25) is 5.41 Å². The van der Waals surface area contributed by atoms with Crippen LogP contribution in [0.1, 0.15) is 27.7 Å². The summed E-state index contributed by atoms with van der Waals surface area (Å²) in [5.74, 6) is 0.495. The van der Waals surface area contributed by atoms with E-state index in [2.05, 4.69) is 21.1 Å². The third-order valence-electron chi connectivity index (χ3n) is 1.10. The summed E-state index contributed by atoms with van der Waals surface area (Å²) in [7, 11) is 2.07. The van der Waals surface area contributed by atoms with Crippen molar-refractivity contribution in [3.05, 3.63) is 0 Å². The highest BCUT2D eigenvalue weighted by molar-refractivity contribution is 6.41. The molecule has 1 radical (unpaired) electrons. The van der Waals surface area contributed by atoms with Gasteiger partial charge in [-0.15, -0.1) is 0 Å². The molecule has 0 heterocycles. The Bertz CT molecular complexity index is 112. The molecule has 0 bridgehead atoms. The molecule has 3 heteroatoms. The summed E-state index contributed by atoms with van der Waals surface area (Å²) >= 11 is 0. The van der Waals surface area contributed by atoms with E-state index in [0.717, 1.165) is 6.40 Å². The van der Waals surface area contributed by atoms with E-state index in [0.29, 0.717) is 5.82 Å². The third kappa shape index (κ3) is 4.42. The molecular formula is C7H15BNO. The molecule has 0 amide bonds. The first-order chi connectivity index (χ1) is 4.48. The third-order valence-corrected chi connectivity index (χ3v) is 1.10. The standard InChI is InChI=1S/C7H15BNO/c1-6(2)8-7(3,4)10-5-9/h5-6,9H,1-4H3. The average Bonchev–Trinajstić information content (AvgIpc) is 1.59. The van der Waals surface area contributed by atoms with Gasteiger partial charge in [0.2, 0.25) is 0 Å². The molecule has 0 spiro atoms. The highest BCUT2D eigenvalue weighted by atomic mass is 16.5. The van der Waals surface area contributed by atoms with Crippen LogP contribution in [-0.4, -0.2) is 19.2 Å². The number of hydrogen-bond acceptors (Lipinski definition) is 2. The minimum atomic E-state index is -0.296. The minimum Gasteiger partial charge on any atom is -0.487 e. The molecular weight excluding hydrogens is 125 g/mol. The molecule has 0 aliphatic carbocycles. The van der Waals surface area contributed by atoms with Gasteiger partial charge >= 0.3 is 0 Å². The van der Waals surface area contributed by atoms with Crippen LogP contribution in [0.4, 0.5) is 0 Å². The lowest BCUT2D eigenvalue weighted by Gasteiger charge is -2.24. The fourth-order valence-corrected chi connectivity index (χ4v) is 0.994. The van der Waals surface area contributed by atoms with Crippen LogP contribution >= 0.6 is 0 Å². The lowest BCUT2D eigenvalue weighted by Crippen LogP contribution is -2.33. The Kier molecular flexibility index (Phi) is 3.47. The van der Waals surface area contributed by atoms with Gasteiger partial charge in [-0.05, 0) is 13.8 Å². The van der Waals surface area contributed by atoms with Gasteiger partial charge in [0.1, 0.15) is 0 Å². The summed E-state index contributed by atoms with van der Waals surface area (Å²) in [5.41, 5.74) is -0.296. The molecule has 0 saturated carbocycles. The van der Waals surface area contributed by atoms with Gasteiger partial charge in [-0.1, -0.05) is 19.7 Å². The summed E-state index contributed by atoms with van der Waals surface area (Å²) in [4.78, 5) is 0. The Morgan fingerprint density at radius 3 is 2.30 bits per heavy atom. The van der Waals surface area contributed by atoms with Crippen LogP contribution in [0.15, 0.2) is 0 Å². The normalized spacial score (nSPS) is 11.3. The summed E-state index contributed by atoms with van der Waals surface area (Å²) in [6.45, 7) is 8.07. The zero-order valence-electron chi connectivity index (χ0n) is 7.14. The van der Waals surface area contributed by atoms with Crippen LogP contribution in [-0.2, 0) is 4.74 Å². The second kappa shape index (κ2) is 3.64. The highest BCUT2D eigenvalue weighted by Crippen LogP contribution is 2.12. The molecule has 0 rings (SSSR count). The average molecular weight is 140 g/mol. The van der Waals surface area contributed by atoms with E-state index in [4.69, 9.17) is 10.1 Å². The fourth-order valence-electron chi connectivity index (χ4n) is 0.994. The van der Waals surface area contributed by atoms with E-state index in [1.54, 1.807) is 0 Å². The van der Waals surface area contributed by atoms with Crippen molar-refractivity contribution in [2.24, 2.45) is 0 Å². The Labute approximate surface area is 63.7 Å². The first kappa shape index (κ1) is 9.53. The zero-order valence-corrected chi connectivity index (χ0v) is 7.14. The van der Waals surface area contributed by atoms with Crippen LogP contribution < -0.4 is 0 Å². The van der Waals surface area contributed by atoms with Crippen molar-refractivity contribution in [3.63, 3.8) is 0 Å². The maximum atomic E-state index is 6.74. The van der Waals surface area contributed by atoms with E-state index in [1.165, 1.54) is 0 Å². The van der Waals surface area contributed by atoms with E-state index >= 15 is 0 Å². The first-order valence-corrected chi connectivity index (χ1v) is 3.51. The highest BCUT2D eigenvalue weighted by Gasteiger charge is 2.20. The van der Waals surface area contributed by atoms with Crippen LogP contribution in [0.3, 0.4) is 0 Å². The van der Waals surface area contributed by atoms with Crippen molar-refractivity contribution < 1.29 is 4.74 Å². The molecule has 0 aromatic heterocycles. The number of ether oxygens (including phenoxy) is 1. The van der Waals surface area contributed by atoms with Gasteiger partial charge < -0.3 is 4.74 Å². The van der Waals surface area contributed by atoms with Crippen molar-refractivity contribution in [2.45, 2.75) is 39.0 Å². The predicted octanol–water partition coefficient (Wildman–Crippen LogP) is 1.88. The van der Waals surface area contributed by atoms with Gasteiger partial charge in [-0.2, -0.15) is 0 Å². The molecule has 0 unspecified atom stereocenters. The van der Waals surface area contributed by atoms with Gasteiger partial charge in [0.15, 0.2) is 13.7 Å². The predicted molar refractivity (Wildman–Crippen MR) is 44.8 cm³/mol.